The van der Waals surface area contributed by atoms with Crippen LogP contribution in [-0.2, 0) is 9.59 Å². The van der Waals surface area contributed by atoms with E-state index in [-0.39, 0.29) is 6.42 Å². The van der Waals surface area contributed by atoms with Crippen molar-refractivity contribution in [1.82, 2.24) is 5.32 Å². The minimum Gasteiger partial charge on any atom is -0.370 e. The topological polar surface area (TPSA) is 72.2 Å². The molecule has 0 bridgehead atoms. The molecule has 0 radical (unpaired) electrons. The van der Waals surface area contributed by atoms with Gasteiger partial charge < -0.3 is 15.8 Å². The molecule has 0 aromatic heterocycles. The van der Waals surface area contributed by atoms with E-state index in [4.69, 9.17) is 5.73 Å². The van der Waals surface area contributed by atoms with E-state index < -0.39 is 11.9 Å². The summed E-state index contributed by atoms with van der Waals surface area (Å²) in [5.41, 5.74) is 4.90. The Kier molecular flexibility index (Phi) is 61.0. The van der Waals surface area contributed by atoms with Gasteiger partial charge in [0.2, 0.25) is 5.91 Å². The molecule has 1 atom stereocenters. The first-order valence-corrected chi connectivity index (χ1v) is 10.9. The lowest BCUT2D eigenvalue weighted by molar-refractivity contribution is -0.120. The van der Waals surface area contributed by atoms with Crippen LogP contribution in [0, 0.1) is 0 Å². The van der Waals surface area contributed by atoms with Gasteiger partial charge in [0.05, 0.1) is 6.04 Å². The molecular weight excluding hydrogens is 324 g/mol. The highest BCUT2D eigenvalue weighted by Gasteiger charge is 2.08. The van der Waals surface area contributed by atoms with Crippen LogP contribution in [0.25, 0.3) is 0 Å². The van der Waals surface area contributed by atoms with Crippen molar-refractivity contribution in [3.8, 4) is 0 Å². The van der Waals surface area contributed by atoms with Crippen LogP contribution in [0.2, 0.25) is 0 Å². The highest BCUT2D eigenvalue weighted by molar-refractivity contribution is 5.78. The molecule has 0 aliphatic carbocycles. The van der Waals surface area contributed by atoms with Gasteiger partial charge >= 0.3 is 0 Å². The average molecular weight is 377 g/mol. The number of nitrogens with one attached hydrogen (secondary N) is 1. The number of unbranched alkanes of at least 4 members (excludes halogenated alkanes) is 4. The molecule has 0 aromatic carbocycles. The van der Waals surface area contributed by atoms with Crippen LogP contribution < -0.4 is 11.1 Å². The van der Waals surface area contributed by atoms with Crippen molar-refractivity contribution < 1.29 is 9.59 Å². The third-order valence-corrected chi connectivity index (χ3v) is 2.45. The van der Waals surface area contributed by atoms with Crippen LogP contribution in [0.3, 0.4) is 0 Å². The van der Waals surface area contributed by atoms with Crippen molar-refractivity contribution in [3.05, 3.63) is 0 Å². The highest BCUT2D eigenvalue weighted by atomic mass is 16.1. The van der Waals surface area contributed by atoms with Gasteiger partial charge in [0.15, 0.2) is 0 Å². The van der Waals surface area contributed by atoms with E-state index in [2.05, 4.69) is 46.9 Å². The second-order valence-electron chi connectivity index (χ2n) is 5.84. The molecule has 0 aliphatic heterocycles. The zero-order valence-electron chi connectivity index (χ0n) is 19.6. The molecular formula is C22H52N2O2. The maximum Gasteiger partial charge on any atom is 0.219 e. The van der Waals surface area contributed by atoms with Gasteiger partial charge in [-0.05, 0) is 13.0 Å². The second-order valence-corrected chi connectivity index (χ2v) is 5.84. The smallest absolute Gasteiger partial charge is 0.219 e. The molecule has 4 nitrogen and oxygen atoms in total. The maximum absolute atomic E-state index is 10.4. The van der Waals surface area contributed by atoms with Gasteiger partial charge in [-0.2, -0.15) is 0 Å². The lowest BCUT2D eigenvalue weighted by Gasteiger charge is -2.08. The molecule has 0 saturated carbocycles. The summed E-state index contributed by atoms with van der Waals surface area (Å²) >= 11 is 0. The molecule has 0 saturated heterocycles. The van der Waals surface area contributed by atoms with E-state index in [9.17, 15) is 9.59 Å². The minimum atomic E-state index is -0.453. The Morgan fingerprint density at radius 2 is 1.23 bits per heavy atom. The zero-order chi connectivity index (χ0) is 21.6. The summed E-state index contributed by atoms with van der Waals surface area (Å²) in [4.78, 5) is 20.6. The lowest BCUT2D eigenvalue weighted by atomic mass is 10.2. The number of primary amides is 1. The predicted octanol–water partition coefficient (Wildman–Crippen LogP) is 6.26. The third-order valence-electron chi connectivity index (χ3n) is 2.45. The van der Waals surface area contributed by atoms with E-state index in [1.54, 1.807) is 0 Å². The SMILES string of the molecule is CC.CCC.CCC.CCCCCCC.CCCN[C@H](C=O)CC(N)=O. The fourth-order valence-corrected chi connectivity index (χ4v) is 1.39. The fraction of sp³-hybridized carbons (Fsp3) is 0.909. The Balaban J connectivity index is -0.0000000839. The van der Waals surface area contributed by atoms with Gasteiger partial charge in [-0.15, -0.1) is 0 Å². The van der Waals surface area contributed by atoms with Crippen molar-refractivity contribution >= 4 is 12.2 Å². The van der Waals surface area contributed by atoms with Crippen molar-refractivity contribution in [3.63, 3.8) is 0 Å². The molecule has 0 aliphatic rings. The van der Waals surface area contributed by atoms with Crippen LogP contribution in [-0.4, -0.2) is 24.8 Å². The normalized spacial score (nSPS) is 9.42. The fourth-order valence-electron chi connectivity index (χ4n) is 1.39. The molecule has 0 rings (SSSR count). The van der Waals surface area contributed by atoms with E-state index in [1.807, 2.05) is 20.8 Å². The van der Waals surface area contributed by atoms with Gasteiger partial charge in [-0.25, -0.2) is 0 Å². The summed E-state index contributed by atoms with van der Waals surface area (Å²) in [6, 6.07) is -0.410. The molecule has 0 spiro atoms. The average Bonchev–Trinajstić information content (AvgIpc) is 2.62. The van der Waals surface area contributed by atoms with Crippen molar-refractivity contribution in [2.45, 2.75) is 126 Å². The summed E-state index contributed by atoms with van der Waals surface area (Å²) in [6.45, 7) is 19.7. The number of nitrogens with two attached hydrogens (primary N) is 1. The quantitative estimate of drug-likeness (QED) is 0.349. The van der Waals surface area contributed by atoms with Gasteiger partial charge in [0.25, 0.3) is 0 Å². The van der Waals surface area contributed by atoms with Gasteiger partial charge in [-0.3, -0.25) is 4.79 Å². The number of rotatable bonds is 10. The highest BCUT2D eigenvalue weighted by Crippen LogP contribution is 2.00. The molecule has 0 fully saturated rings. The Hall–Kier alpha value is -0.900. The van der Waals surface area contributed by atoms with Gasteiger partial charge in [0, 0.05) is 6.42 Å². The number of carbonyl (C=O) groups excluding carboxylic acids is 2. The van der Waals surface area contributed by atoms with Crippen LogP contribution in [0.4, 0.5) is 0 Å². The minimum absolute atomic E-state index is 0.0868. The first-order valence-electron chi connectivity index (χ1n) is 10.9. The Morgan fingerprint density at radius 3 is 1.46 bits per heavy atom. The largest absolute Gasteiger partial charge is 0.370 e. The molecule has 4 heteroatoms. The van der Waals surface area contributed by atoms with E-state index >= 15 is 0 Å². The van der Waals surface area contributed by atoms with Crippen molar-refractivity contribution in [1.29, 1.82) is 0 Å². The van der Waals surface area contributed by atoms with E-state index in [0.717, 1.165) is 13.0 Å². The third kappa shape index (κ3) is 65.7. The molecule has 3 N–H and O–H groups in total. The second kappa shape index (κ2) is 44.0. The van der Waals surface area contributed by atoms with Crippen molar-refractivity contribution in [2.24, 2.45) is 5.73 Å². The van der Waals surface area contributed by atoms with Crippen LogP contribution in [0.15, 0.2) is 0 Å². The molecule has 0 heterocycles. The molecule has 1 amide bonds. The van der Waals surface area contributed by atoms with Crippen LogP contribution >= 0.6 is 0 Å². The maximum atomic E-state index is 10.4. The molecule has 0 aromatic rings. The first-order chi connectivity index (χ1) is 12.4. The Labute approximate surface area is 166 Å². The van der Waals surface area contributed by atoms with E-state index in [1.165, 1.54) is 44.9 Å². The first kappa shape index (κ1) is 36.1. The molecule has 26 heavy (non-hydrogen) atoms. The number of carbonyl (C=O) groups is 2. The number of amides is 1. The lowest BCUT2D eigenvalue weighted by Crippen LogP contribution is -2.35. The molecule has 162 valence electrons. The van der Waals surface area contributed by atoms with Gasteiger partial charge in [0.1, 0.15) is 6.29 Å². The Morgan fingerprint density at radius 1 is 0.846 bits per heavy atom. The predicted molar refractivity (Wildman–Crippen MR) is 120 cm³/mol. The summed E-state index contributed by atoms with van der Waals surface area (Å²) < 4.78 is 0. The number of hydrogen-bond acceptors (Lipinski definition) is 3. The Bertz CT molecular complexity index is 216. The monoisotopic (exact) mass is 376 g/mol. The number of aldehydes is 1. The molecule has 0 unspecified atom stereocenters. The summed E-state index contributed by atoms with van der Waals surface area (Å²) in [5, 5.41) is 2.88. The summed E-state index contributed by atoms with van der Waals surface area (Å²) in [6.07, 6.45) is 11.2. The van der Waals surface area contributed by atoms with Crippen LogP contribution in [0.5, 0.6) is 0 Å². The summed E-state index contributed by atoms with van der Waals surface area (Å²) in [7, 11) is 0. The standard InChI is InChI=1S/C7H14N2O2.C7H16.2C3H8.C2H6/c1-2-3-9-6(5-10)4-7(8)11;1-3-5-7-6-4-2;2*1-3-2;1-2/h5-6,9H,2-4H2,1H3,(H2,8,11);3-7H2,1-2H3;2*3H2,1-2H3;1-2H3/t6-;;;;/m0..../s1. The van der Waals surface area contributed by atoms with E-state index in [0.29, 0.717) is 6.29 Å². The summed E-state index contributed by atoms with van der Waals surface area (Å²) in [5.74, 6) is -0.453. The van der Waals surface area contributed by atoms with Gasteiger partial charge in [-0.1, -0.05) is 107 Å². The van der Waals surface area contributed by atoms with Crippen LogP contribution in [0.1, 0.15) is 120 Å². The zero-order valence-corrected chi connectivity index (χ0v) is 19.6. The van der Waals surface area contributed by atoms with Crippen molar-refractivity contribution in [2.75, 3.05) is 6.54 Å². The number of hydrogen-bond donors (Lipinski definition) is 2.